The SMILES string of the molecule is CCOC(=O)CN(CC(F)(F)F)C(=O)CC(NC(C)=O)c1ccccc1. The van der Waals surface area contributed by atoms with Gasteiger partial charge in [0.1, 0.15) is 13.1 Å². The molecule has 1 N–H and O–H groups in total. The van der Waals surface area contributed by atoms with Gasteiger partial charge in [0.05, 0.1) is 19.1 Å². The Labute approximate surface area is 149 Å². The highest BCUT2D eigenvalue weighted by Gasteiger charge is 2.35. The van der Waals surface area contributed by atoms with E-state index in [1.54, 1.807) is 30.3 Å². The number of esters is 1. The number of nitrogens with one attached hydrogen (secondary N) is 1. The Hall–Kier alpha value is -2.58. The van der Waals surface area contributed by atoms with Crippen LogP contribution in [0.5, 0.6) is 0 Å². The minimum atomic E-state index is -4.67. The van der Waals surface area contributed by atoms with Crippen molar-refractivity contribution in [2.45, 2.75) is 32.5 Å². The summed E-state index contributed by atoms with van der Waals surface area (Å²) >= 11 is 0. The molecule has 144 valence electrons. The minimum Gasteiger partial charge on any atom is -0.465 e. The van der Waals surface area contributed by atoms with Crippen molar-refractivity contribution in [2.24, 2.45) is 0 Å². The lowest BCUT2D eigenvalue weighted by Crippen LogP contribution is -2.44. The first kappa shape index (κ1) is 21.5. The molecular weight excluding hydrogens is 353 g/mol. The lowest BCUT2D eigenvalue weighted by atomic mass is 10.0. The fourth-order valence-corrected chi connectivity index (χ4v) is 2.30. The Bertz CT molecular complexity index is 620. The molecule has 0 aromatic heterocycles. The molecule has 1 aromatic carbocycles. The molecule has 1 atom stereocenters. The Morgan fingerprint density at radius 2 is 1.81 bits per heavy atom. The van der Waals surface area contributed by atoms with Gasteiger partial charge in [-0.05, 0) is 12.5 Å². The van der Waals surface area contributed by atoms with Gasteiger partial charge in [0.25, 0.3) is 0 Å². The number of benzene rings is 1. The number of ether oxygens (including phenoxy) is 1. The summed E-state index contributed by atoms with van der Waals surface area (Å²) in [4.78, 5) is 35.7. The molecule has 6 nitrogen and oxygen atoms in total. The predicted octanol–water partition coefficient (Wildman–Crippen LogP) is 2.21. The summed E-state index contributed by atoms with van der Waals surface area (Å²) in [5, 5.41) is 2.54. The standard InChI is InChI=1S/C17H21F3N2O4/c1-3-26-16(25)10-22(11-17(18,19)20)15(24)9-14(21-12(2)23)13-7-5-4-6-8-13/h4-8,14H,3,9-11H2,1-2H3,(H,21,23). The summed E-state index contributed by atoms with van der Waals surface area (Å²) in [6.07, 6.45) is -5.09. The molecule has 1 unspecified atom stereocenters. The molecule has 0 spiro atoms. The van der Waals surface area contributed by atoms with Crippen molar-refractivity contribution in [1.82, 2.24) is 10.2 Å². The van der Waals surface area contributed by atoms with Gasteiger partial charge in [-0.15, -0.1) is 0 Å². The molecule has 0 bridgehead atoms. The van der Waals surface area contributed by atoms with Crippen LogP contribution in [-0.4, -0.2) is 48.6 Å². The van der Waals surface area contributed by atoms with Crippen LogP contribution in [0.3, 0.4) is 0 Å². The second kappa shape index (κ2) is 9.79. The van der Waals surface area contributed by atoms with Crippen LogP contribution >= 0.6 is 0 Å². The summed E-state index contributed by atoms with van der Waals surface area (Å²) in [5.74, 6) is -2.28. The van der Waals surface area contributed by atoms with Gasteiger partial charge in [0.2, 0.25) is 11.8 Å². The van der Waals surface area contributed by atoms with E-state index in [-0.39, 0.29) is 6.61 Å². The Kier molecular flexibility index (Phi) is 8.08. The molecule has 26 heavy (non-hydrogen) atoms. The van der Waals surface area contributed by atoms with Crippen LogP contribution in [0, 0.1) is 0 Å². The highest BCUT2D eigenvalue weighted by Crippen LogP contribution is 2.21. The van der Waals surface area contributed by atoms with Gasteiger partial charge in [-0.25, -0.2) is 0 Å². The summed E-state index contributed by atoms with van der Waals surface area (Å²) in [6, 6.07) is 7.58. The minimum absolute atomic E-state index is 0.00852. The molecule has 0 aliphatic carbocycles. The first-order chi connectivity index (χ1) is 12.1. The number of alkyl halides is 3. The average molecular weight is 374 g/mol. The molecule has 0 saturated heterocycles. The van der Waals surface area contributed by atoms with Crippen molar-refractivity contribution >= 4 is 17.8 Å². The van der Waals surface area contributed by atoms with Gasteiger partial charge >= 0.3 is 12.1 Å². The van der Waals surface area contributed by atoms with E-state index in [2.05, 4.69) is 10.1 Å². The van der Waals surface area contributed by atoms with Crippen molar-refractivity contribution in [3.8, 4) is 0 Å². The highest BCUT2D eigenvalue weighted by atomic mass is 19.4. The van der Waals surface area contributed by atoms with Gasteiger partial charge in [-0.2, -0.15) is 13.2 Å². The summed E-state index contributed by atoms with van der Waals surface area (Å²) in [6.45, 7) is 0.355. The lowest BCUT2D eigenvalue weighted by Gasteiger charge is -2.26. The normalized spacial score (nSPS) is 12.2. The van der Waals surface area contributed by atoms with Gasteiger partial charge in [0, 0.05) is 6.92 Å². The number of rotatable bonds is 8. The lowest BCUT2D eigenvalue weighted by molar-refractivity contribution is -0.167. The fourth-order valence-electron chi connectivity index (χ4n) is 2.30. The van der Waals surface area contributed by atoms with Gasteiger partial charge < -0.3 is 15.0 Å². The van der Waals surface area contributed by atoms with E-state index in [9.17, 15) is 27.6 Å². The number of hydrogen-bond donors (Lipinski definition) is 1. The molecule has 1 rings (SSSR count). The Balaban J connectivity index is 2.95. The van der Waals surface area contributed by atoms with E-state index >= 15 is 0 Å². The third-order valence-electron chi connectivity index (χ3n) is 3.31. The van der Waals surface area contributed by atoms with Crippen molar-refractivity contribution in [2.75, 3.05) is 19.7 Å². The number of hydrogen-bond acceptors (Lipinski definition) is 4. The maximum Gasteiger partial charge on any atom is 0.406 e. The predicted molar refractivity (Wildman–Crippen MR) is 86.9 cm³/mol. The Morgan fingerprint density at radius 3 is 2.31 bits per heavy atom. The summed E-state index contributed by atoms with van der Waals surface area (Å²) < 4.78 is 42.9. The van der Waals surface area contributed by atoms with Crippen LogP contribution in [-0.2, 0) is 19.1 Å². The van der Waals surface area contributed by atoms with Crippen LogP contribution in [0.1, 0.15) is 31.9 Å². The van der Waals surface area contributed by atoms with Gasteiger partial charge in [0.15, 0.2) is 0 Å². The van der Waals surface area contributed by atoms with E-state index in [1.807, 2.05) is 0 Å². The van der Waals surface area contributed by atoms with E-state index in [4.69, 9.17) is 0 Å². The third-order valence-corrected chi connectivity index (χ3v) is 3.31. The molecule has 2 amide bonds. The molecule has 0 radical (unpaired) electrons. The first-order valence-electron chi connectivity index (χ1n) is 7.94. The molecule has 0 saturated carbocycles. The smallest absolute Gasteiger partial charge is 0.406 e. The topological polar surface area (TPSA) is 75.7 Å². The zero-order chi connectivity index (χ0) is 19.7. The van der Waals surface area contributed by atoms with E-state index < -0.39 is 49.5 Å². The van der Waals surface area contributed by atoms with Crippen LogP contribution in [0.2, 0.25) is 0 Å². The number of halogens is 3. The number of carbonyl (C=O) groups is 3. The van der Waals surface area contributed by atoms with Crippen molar-refractivity contribution in [1.29, 1.82) is 0 Å². The summed E-state index contributed by atoms with van der Waals surface area (Å²) in [7, 11) is 0. The molecule has 9 heteroatoms. The largest absolute Gasteiger partial charge is 0.465 e. The fraction of sp³-hybridized carbons (Fsp3) is 0.471. The van der Waals surface area contributed by atoms with E-state index in [0.717, 1.165) is 0 Å². The monoisotopic (exact) mass is 374 g/mol. The van der Waals surface area contributed by atoms with Crippen molar-refractivity contribution in [3.63, 3.8) is 0 Å². The molecule has 0 fully saturated rings. The molecule has 0 aliphatic heterocycles. The van der Waals surface area contributed by atoms with Crippen LogP contribution in [0.4, 0.5) is 13.2 Å². The average Bonchev–Trinajstić information content (AvgIpc) is 2.53. The second-order valence-electron chi connectivity index (χ2n) is 5.54. The maximum absolute atomic E-state index is 12.8. The summed E-state index contributed by atoms with van der Waals surface area (Å²) in [5.41, 5.74) is 0.569. The quantitative estimate of drug-likeness (QED) is 0.708. The van der Waals surface area contributed by atoms with Crippen LogP contribution in [0.15, 0.2) is 30.3 Å². The highest BCUT2D eigenvalue weighted by molar-refractivity contribution is 5.83. The van der Waals surface area contributed by atoms with Crippen LogP contribution in [0.25, 0.3) is 0 Å². The van der Waals surface area contributed by atoms with Gasteiger partial charge in [-0.3, -0.25) is 14.4 Å². The van der Waals surface area contributed by atoms with Crippen LogP contribution < -0.4 is 5.32 Å². The van der Waals surface area contributed by atoms with Crippen molar-refractivity contribution < 1.29 is 32.3 Å². The molecule has 1 aromatic rings. The molecule has 0 aliphatic rings. The third kappa shape index (κ3) is 8.00. The number of nitrogens with zero attached hydrogens (tertiary/aromatic N) is 1. The zero-order valence-electron chi connectivity index (χ0n) is 14.5. The van der Waals surface area contributed by atoms with E-state index in [1.165, 1.54) is 13.8 Å². The van der Waals surface area contributed by atoms with Gasteiger partial charge in [-0.1, -0.05) is 30.3 Å². The molecule has 0 heterocycles. The van der Waals surface area contributed by atoms with E-state index in [0.29, 0.717) is 10.5 Å². The second-order valence-corrected chi connectivity index (χ2v) is 5.54. The maximum atomic E-state index is 12.8. The zero-order valence-corrected chi connectivity index (χ0v) is 14.5. The Morgan fingerprint density at radius 1 is 1.19 bits per heavy atom. The molecular formula is C17H21F3N2O4. The number of amides is 2. The van der Waals surface area contributed by atoms with Crippen molar-refractivity contribution in [3.05, 3.63) is 35.9 Å². The number of carbonyl (C=O) groups excluding carboxylic acids is 3. The first-order valence-corrected chi connectivity index (χ1v) is 7.94.